The summed E-state index contributed by atoms with van der Waals surface area (Å²) in [7, 11) is 0. The first kappa shape index (κ1) is 14.2. The summed E-state index contributed by atoms with van der Waals surface area (Å²) >= 11 is 0. The molecule has 1 aromatic carbocycles. The minimum absolute atomic E-state index is 0.0231. The molecule has 0 aliphatic carbocycles. The number of aromatic carboxylic acids is 1. The Morgan fingerprint density at radius 2 is 1.90 bits per heavy atom. The molecule has 0 unspecified atom stereocenters. The fraction of sp³-hybridized carbons (Fsp3) is 0.400. The fourth-order valence-corrected chi connectivity index (χ4v) is 2.17. The topological polar surface area (TPSA) is 68.0 Å². The van der Waals surface area contributed by atoms with E-state index in [0.717, 1.165) is 5.69 Å². The van der Waals surface area contributed by atoms with Crippen molar-refractivity contribution in [2.75, 3.05) is 0 Å². The summed E-state index contributed by atoms with van der Waals surface area (Å²) in [5.41, 5.74) is 2.68. The molecular formula is C15H19N3O2. The van der Waals surface area contributed by atoms with Crippen LogP contribution in [-0.2, 0) is 0 Å². The zero-order valence-corrected chi connectivity index (χ0v) is 12.2. The summed E-state index contributed by atoms with van der Waals surface area (Å²) in [5, 5.41) is 17.0. The SMILES string of the molecule is CC(C)c1cccc(-n2nnc(C(=O)O)c2C(C)C)c1. The third-order valence-corrected chi connectivity index (χ3v) is 3.24. The highest BCUT2D eigenvalue weighted by molar-refractivity contribution is 5.86. The van der Waals surface area contributed by atoms with Crippen LogP contribution in [0.15, 0.2) is 24.3 Å². The minimum Gasteiger partial charge on any atom is -0.476 e. The van der Waals surface area contributed by atoms with E-state index in [4.69, 9.17) is 0 Å². The highest BCUT2D eigenvalue weighted by Crippen LogP contribution is 2.23. The van der Waals surface area contributed by atoms with Gasteiger partial charge in [-0.1, -0.05) is 45.0 Å². The van der Waals surface area contributed by atoms with E-state index in [1.165, 1.54) is 5.56 Å². The second-order valence-electron chi connectivity index (χ2n) is 5.44. The molecule has 0 fully saturated rings. The van der Waals surface area contributed by atoms with Crippen LogP contribution in [0.25, 0.3) is 5.69 Å². The molecule has 0 amide bonds. The highest BCUT2D eigenvalue weighted by atomic mass is 16.4. The number of carbonyl (C=O) groups is 1. The summed E-state index contributed by atoms with van der Waals surface area (Å²) in [6.07, 6.45) is 0. The lowest BCUT2D eigenvalue weighted by atomic mass is 10.0. The molecule has 5 heteroatoms. The summed E-state index contributed by atoms with van der Waals surface area (Å²) < 4.78 is 1.62. The van der Waals surface area contributed by atoms with Crippen molar-refractivity contribution in [2.45, 2.75) is 39.5 Å². The summed E-state index contributed by atoms with van der Waals surface area (Å²) in [4.78, 5) is 11.2. The molecule has 0 bridgehead atoms. The summed E-state index contributed by atoms with van der Waals surface area (Å²) in [6, 6.07) is 7.95. The minimum atomic E-state index is -1.04. The van der Waals surface area contributed by atoms with Crippen molar-refractivity contribution in [1.82, 2.24) is 15.0 Å². The van der Waals surface area contributed by atoms with Gasteiger partial charge in [0.05, 0.1) is 11.4 Å². The first-order valence-corrected chi connectivity index (χ1v) is 6.71. The number of hydrogen-bond donors (Lipinski definition) is 1. The first-order chi connectivity index (χ1) is 9.41. The van der Waals surface area contributed by atoms with E-state index in [9.17, 15) is 9.90 Å². The van der Waals surface area contributed by atoms with Gasteiger partial charge >= 0.3 is 5.97 Å². The third-order valence-electron chi connectivity index (χ3n) is 3.24. The van der Waals surface area contributed by atoms with Gasteiger partial charge in [-0.2, -0.15) is 0 Å². The van der Waals surface area contributed by atoms with Gasteiger partial charge in [-0.15, -0.1) is 5.10 Å². The van der Waals surface area contributed by atoms with Gasteiger partial charge in [-0.05, 0) is 29.5 Å². The second-order valence-corrected chi connectivity index (χ2v) is 5.44. The predicted octanol–water partition coefficient (Wildman–Crippen LogP) is 3.21. The molecule has 106 valence electrons. The van der Waals surface area contributed by atoms with Crippen LogP contribution in [0.5, 0.6) is 0 Å². The first-order valence-electron chi connectivity index (χ1n) is 6.71. The average Bonchev–Trinajstić information content (AvgIpc) is 2.83. The quantitative estimate of drug-likeness (QED) is 0.928. The molecule has 0 atom stereocenters. The molecule has 1 aromatic heterocycles. The van der Waals surface area contributed by atoms with Gasteiger partial charge in [0.25, 0.3) is 0 Å². The van der Waals surface area contributed by atoms with Crippen molar-refractivity contribution in [3.8, 4) is 5.69 Å². The van der Waals surface area contributed by atoms with Gasteiger partial charge in [0.2, 0.25) is 0 Å². The van der Waals surface area contributed by atoms with E-state index in [-0.39, 0.29) is 11.6 Å². The van der Waals surface area contributed by atoms with Gasteiger partial charge in [0, 0.05) is 0 Å². The molecule has 2 rings (SSSR count). The van der Waals surface area contributed by atoms with Crippen molar-refractivity contribution in [3.05, 3.63) is 41.2 Å². The van der Waals surface area contributed by atoms with Crippen LogP contribution in [0.2, 0.25) is 0 Å². The number of benzene rings is 1. The van der Waals surface area contributed by atoms with E-state index in [0.29, 0.717) is 11.6 Å². The van der Waals surface area contributed by atoms with E-state index in [1.54, 1.807) is 4.68 Å². The summed E-state index contributed by atoms with van der Waals surface area (Å²) in [6.45, 7) is 8.11. The Balaban J connectivity index is 2.58. The van der Waals surface area contributed by atoms with Crippen molar-refractivity contribution < 1.29 is 9.90 Å². The zero-order valence-electron chi connectivity index (χ0n) is 12.2. The normalized spacial score (nSPS) is 11.3. The lowest BCUT2D eigenvalue weighted by Crippen LogP contribution is -2.08. The van der Waals surface area contributed by atoms with Crippen LogP contribution >= 0.6 is 0 Å². The van der Waals surface area contributed by atoms with Crippen molar-refractivity contribution in [3.63, 3.8) is 0 Å². The molecule has 0 spiro atoms. The van der Waals surface area contributed by atoms with Crippen molar-refractivity contribution in [2.24, 2.45) is 0 Å². The smallest absolute Gasteiger partial charge is 0.358 e. The Kier molecular flexibility index (Phi) is 3.88. The molecule has 0 aliphatic heterocycles. The Labute approximate surface area is 118 Å². The number of carboxylic acids is 1. The molecule has 0 saturated carbocycles. The van der Waals surface area contributed by atoms with E-state index >= 15 is 0 Å². The summed E-state index contributed by atoms with van der Waals surface area (Å²) in [5.74, 6) is -0.612. The monoisotopic (exact) mass is 273 g/mol. The molecule has 1 heterocycles. The van der Waals surface area contributed by atoms with Gasteiger partial charge in [0.1, 0.15) is 0 Å². The number of rotatable bonds is 4. The lowest BCUT2D eigenvalue weighted by molar-refractivity contribution is 0.0688. The zero-order chi connectivity index (χ0) is 14.9. The van der Waals surface area contributed by atoms with E-state index < -0.39 is 5.97 Å². The van der Waals surface area contributed by atoms with Crippen molar-refractivity contribution in [1.29, 1.82) is 0 Å². The Bertz CT molecular complexity index is 630. The van der Waals surface area contributed by atoms with E-state index in [1.807, 2.05) is 32.0 Å². The maximum absolute atomic E-state index is 11.2. The maximum Gasteiger partial charge on any atom is 0.358 e. The number of aromatic nitrogens is 3. The molecule has 2 aromatic rings. The van der Waals surface area contributed by atoms with E-state index in [2.05, 4.69) is 30.2 Å². The Morgan fingerprint density at radius 1 is 1.20 bits per heavy atom. The van der Waals surface area contributed by atoms with Crippen molar-refractivity contribution >= 4 is 5.97 Å². The number of hydrogen-bond acceptors (Lipinski definition) is 3. The Hall–Kier alpha value is -2.17. The second kappa shape index (κ2) is 5.45. The Morgan fingerprint density at radius 3 is 2.45 bits per heavy atom. The molecule has 5 nitrogen and oxygen atoms in total. The fourth-order valence-electron chi connectivity index (χ4n) is 2.17. The maximum atomic E-state index is 11.2. The molecule has 20 heavy (non-hydrogen) atoms. The molecular weight excluding hydrogens is 254 g/mol. The standard InChI is InChI=1S/C15H19N3O2/c1-9(2)11-6-5-7-12(8-11)18-14(10(3)4)13(15(19)20)16-17-18/h5-10H,1-4H3,(H,19,20). The van der Waals surface area contributed by atoms with Gasteiger partial charge < -0.3 is 5.11 Å². The average molecular weight is 273 g/mol. The molecule has 0 aliphatic rings. The number of carboxylic acid groups (broad SMARTS) is 1. The van der Waals surface area contributed by atoms with Gasteiger partial charge in [-0.25, -0.2) is 9.48 Å². The van der Waals surface area contributed by atoms with Crippen LogP contribution in [0, 0.1) is 0 Å². The highest BCUT2D eigenvalue weighted by Gasteiger charge is 2.22. The van der Waals surface area contributed by atoms with Crippen LogP contribution in [0.4, 0.5) is 0 Å². The third kappa shape index (κ3) is 2.57. The molecule has 0 saturated heterocycles. The van der Waals surface area contributed by atoms with Crippen LogP contribution in [0.3, 0.4) is 0 Å². The van der Waals surface area contributed by atoms with Crippen LogP contribution < -0.4 is 0 Å². The van der Waals surface area contributed by atoms with Crippen LogP contribution in [-0.4, -0.2) is 26.1 Å². The lowest BCUT2D eigenvalue weighted by Gasteiger charge is -2.12. The predicted molar refractivity (Wildman–Crippen MR) is 76.5 cm³/mol. The molecule has 1 N–H and O–H groups in total. The van der Waals surface area contributed by atoms with Gasteiger partial charge in [-0.3, -0.25) is 0 Å². The number of nitrogens with zero attached hydrogens (tertiary/aromatic N) is 3. The molecule has 0 radical (unpaired) electrons. The largest absolute Gasteiger partial charge is 0.476 e. The van der Waals surface area contributed by atoms with Crippen LogP contribution in [0.1, 0.15) is 61.3 Å². The van der Waals surface area contributed by atoms with Gasteiger partial charge in [0.15, 0.2) is 5.69 Å².